The minimum Gasteiger partial charge on any atom is -0.386 e. The molecule has 0 radical (unpaired) electrons. The van der Waals surface area contributed by atoms with E-state index in [1.165, 1.54) is 13.0 Å². The van der Waals surface area contributed by atoms with Gasteiger partial charge in [0.1, 0.15) is 11.6 Å². The number of anilines is 4. The average molecular weight is 555 g/mol. The number of hydrogen-bond donors (Lipinski definition) is 3. The second-order valence-corrected chi connectivity index (χ2v) is 12.4. The van der Waals surface area contributed by atoms with Crippen molar-refractivity contribution in [2.75, 3.05) is 34.9 Å². The Hall–Kier alpha value is -3.61. The van der Waals surface area contributed by atoms with Crippen LogP contribution in [0.25, 0.3) is 11.3 Å². The van der Waals surface area contributed by atoms with Crippen LogP contribution < -0.4 is 15.5 Å². The van der Waals surface area contributed by atoms with Gasteiger partial charge in [-0.15, -0.1) is 0 Å². The van der Waals surface area contributed by atoms with Crippen LogP contribution >= 0.6 is 0 Å². The number of pyridine rings is 3. The Morgan fingerprint density at radius 1 is 1.08 bits per heavy atom. The number of amides is 1. The van der Waals surface area contributed by atoms with E-state index in [4.69, 9.17) is 4.74 Å². The van der Waals surface area contributed by atoms with Crippen LogP contribution in [0.1, 0.15) is 40.2 Å². The van der Waals surface area contributed by atoms with E-state index < -0.39 is 15.4 Å². The van der Waals surface area contributed by atoms with Crippen LogP contribution in [-0.4, -0.2) is 65.9 Å². The molecule has 3 aromatic heterocycles. The highest BCUT2D eigenvalue weighted by Gasteiger charge is 2.24. The number of aromatic nitrogens is 3. The molecule has 3 aromatic rings. The fourth-order valence-corrected chi connectivity index (χ4v) is 4.99. The summed E-state index contributed by atoms with van der Waals surface area (Å²) in [5.74, 6) is 0.201. The Morgan fingerprint density at radius 3 is 2.33 bits per heavy atom. The molecule has 1 saturated heterocycles. The van der Waals surface area contributed by atoms with Crippen LogP contribution in [-0.2, 0) is 25.0 Å². The number of morpholine rings is 1. The number of nitrogens with one attached hydrogen (secondary N) is 2. The van der Waals surface area contributed by atoms with E-state index in [-0.39, 0.29) is 29.0 Å². The maximum atomic E-state index is 12.3. The Labute approximate surface area is 228 Å². The van der Waals surface area contributed by atoms with E-state index in [1.807, 2.05) is 26.0 Å². The van der Waals surface area contributed by atoms with Gasteiger partial charge in [-0.3, -0.25) is 9.78 Å². The van der Waals surface area contributed by atoms with E-state index in [9.17, 15) is 18.3 Å². The average Bonchev–Trinajstić information content (AvgIpc) is 2.82. The molecule has 1 fully saturated rings. The van der Waals surface area contributed by atoms with Crippen LogP contribution in [0.2, 0.25) is 0 Å². The Morgan fingerprint density at radius 2 is 1.77 bits per heavy atom. The van der Waals surface area contributed by atoms with Crippen LogP contribution in [0, 0.1) is 0 Å². The smallest absolute Gasteiger partial charge is 0.222 e. The van der Waals surface area contributed by atoms with Crippen LogP contribution in [0.15, 0.2) is 47.8 Å². The van der Waals surface area contributed by atoms with Crippen molar-refractivity contribution in [2.45, 2.75) is 57.5 Å². The number of carbonyl (C=O) groups is 1. The largest absolute Gasteiger partial charge is 0.386 e. The molecule has 39 heavy (non-hydrogen) atoms. The first-order valence-corrected chi connectivity index (χ1v) is 14.4. The molecule has 0 bridgehead atoms. The van der Waals surface area contributed by atoms with Gasteiger partial charge in [0.15, 0.2) is 14.9 Å². The second kappa shape index (κ2) is 10.9. The summed E-state index contributed by atoms with van der Waals surface area (Å²) in [6, 6.07) is 8.41. The summed E-state index contributed by atoms with van der Waals surface area (Å²) < 4.78 is 30.5. The summed E-state index contributed by atoms with van der Waals surface area (Å²) in [7, 11) is -3.67. The summed E-state index contributed by atoms with van der Waals surface area (Å²) in [5, 5.41) is 16.2. The van der Waals surface area contributed by atoms with Crippen LogP contribution in [0.5, 0.6) is 0 Å². The molecule has 4 heterocycles. The molecule has 0 spiro atoms. The highest BCUT2D eigenvalue weighted by molar-refractivity contribution is 7.90. The number of ether oxygens (including phenoxy) is 1. The molecule has 11 nitrogen and oxygen atoms in total. The lowest BCUT2D eigenvalue weighted by atomic mass is 10.00. The molecule has 1 aliphatic heterocycles. The van der Waals surface area contributed by atoms with E-state index in [0.717, 1.165) is 25.0 Å². The Kier molecular flexibility index (Phi) is 7.92. The van der Waals surface area contributed by atoms with Crippen molar-refractivity contribution in [3.8, 4) is 11.3 Å². The summed E-state index contributed by atoms with van der Waals surface area (Å²) in [6.07, 6.45) is 4.64. The molecule has 2 atom stereocenters. The van der Waals surface area contributed by atoms with Gasteiger partial charge in [-0.25, -0.2) is 18.4 Å². The molecule has 3 N–H and O–H groups in total. The van der Waals surface area contributed by atoms with Crippen molar-refractivity contribution in [3.63, 3.8) is 0 Å². The van der Waals surface area contributed by atoms with E-state index >= 15 is 0 Å². The zero-order valence-electron chi connectivity index (χ0n) is 22.9. The lowest BCUT2D eigenvalue weighted by Gasteiger charge is -2.36. The van der Waals surface area contributed by atoms with Gasteiger partial charge in [0.25, 0.3) is 0 Å². The maximum Gasteiger partial charge on any atom is 0.222 e. The fourth-order valence-electron chi connectivity index (χ4n) is 4.38. The quantitative estimate of drug-likeness (QED) is 0.397. The van der Waals surface area contributed by atoms with Crippen molar-refractivity contribution in [2.24, 2.45) is 0 Å². The first kappa shape index (κ1) is 28.4. The predicted molar refractivity (Wildman–Crippen MR) is 150 cm³/mol. The van der Waals surface area contributed by atoms with Gasteiger partial charge in [0.05, 0.1) is 41.1 Å². The molecule has 12 heteroatoms. The van der Waals surface area contributed by atoms with Gasteiger partial charge in [0.2, 0.25) is 5.91 Å². The van der Waals surface area contributed by atoms with Crippen molar-refractivity contribution in [1.29, 1.82) is 0 Å². The number of nitrogens with zero attached hydrogens (tertiary/aromatic N) is 4. The Bertz CT molecular complexity index is 1460. The number of sulfone groups is 1. The topological polar surface area (TPSA) is 147 Å². The molecule has 1 amide bonds. The van der Waals surface area contributed by atoms with E-state index in [0.29, 0.717) is 28.3 Å². The van der Waals surface area contributed by atoms with Crippen molar-refractivity contribution >= 4 is 38.8 Å². The second-order valence-electron chi connectivity index (χ2n) is 10.4. The molecule has 0 aromatic carbocycles. The minimum absolute atomic E-state index is 0.110. The molecule has 208 valence electrons. The van der Waals surface area contributed by atoms with E-state index in [2.05, 4.69) is 30.5 Å². The predicted octanol–water partition coefficient (Wildman–Crippen LogP) is 3.49. The molecule has 1 aliphatic rings. The van der Waals surface area contributed by atoms with Gasteiger partial charge >= 0.3 is 0 Å². The lowest BCUT2D eigenvalue weighted by Crippen LogP contribution is -2.45. The van der Waals surface area contributed by atoms with E-state index in [1.54, 1.807) is 38.4 Å². The number of aliphatic hydroxyl groups is 1. The summed E-state index contributed by atoms with van der Waals surface area (Å²) in [6.45, 7) is 10.1. The standard InChI is InChI=1S/C27H34N6O5S/c1-16-14-33(15-17(2)38-16)20-7-8-22(28-12-20)21-13-29-24(30-18(3)34)11-23(21)31-25-9-19(27(4,5)35)10-26(32-25)39(6,36)37/h7-13,16-17,35H,14-15H2,1-6H3,(H2,29,30,31,32,34). The van der Waals surface area contributed by atoms with Crippen molar-refractivity contribution < 1.29 is 23.1 Å². The third-order valence-electron chi connectivity index (χ3n) is 6.17. The van der Waals surface area contributed by atoms with Crippen molar-refractivity contribution in [3.05, 3.63) is 48.3 Å². The molecule has 2 unspecified atom stereocenters. The first-order chi connectivity index (χ1) is 18.2. The van der Waals surface area contributed by atoms with Gasteiger partial charge in [0, 0.05) is 44.1 Å². The first-order valence-electron chi connectivity index (χ1n) is 12.6. The third kappa shape index (κ3) is 7.08. The van der Waals surface area contributed by atoms with Gasteiger partial charge in [-0.2, -0.15) is 0 Å². The number of carbonyl (C=O) groups excluding carboxylic acids is 1. The lowest BCUT2D eigenvalue weighted by molar-refractivity contribution is -0.114. The normalized spacial score (nSPS) is 18.1. The molecule has 4 rings (SSSR count). The van der Waals surface area contributed by atoms with Crippen molar-refractivity contribution in [1.82, 2.24) is 15.0 Å². The van der Waals surface area contributed by atoms with Gasteiger partial charge in [-0.05, 0) is 57.5 Å². The minimum atomic E-state index is -3.67. The molecule has 0 aliphatic carbocycles. The fraction of sp³-hybridized carbons (Fsp3) is 0.407. The number of hydrogen-bond acceptors (Lipinski definition) is 10. The number of rotatable bonds is 7. The Balaban J connectivity index is 1.75. The summed E-state index contributed by atoms with van der Waals surface area (Å²) in [5.41, 5.74) is 1.73. The third-order valence-corrected chi connectivity index (χ3v) is 7.14. The molecule has 0 saturated carbocycles. The zero-order valence-corrected chi connectivity index (χ0v) is 23.7. The van der Waals surface area contributed by atoms with Crippen LogP contribution in [0.4, 0.5) is 23.0 Å². The summed E-state index contributed by atoms with van der Waals surface area (Å²) >= 11 is 0. The molecular formula is C27H34N6O5S. The highest BCUT2D eigenvalue weighted by Crippen LogP contribution is 2.33. The molecular weight excluding hydrogens is 520 g/mol. The monoisotopic (exact) mass is 554 g/mol. The zero-order chi connectivity index (χ0) is 28.5. The van der Waals surface area contributed by atoms with Gasteiger partial charge < -0.3 is 25.4 Å². The summed E-state index contributed by atoms with van der Waals surface area (Å²) in [4.78, 5) is 27.2. The van der Waals surface area contributed by atoms with Crippen LogP contribution in [0.3, 0.4) is 0 Å². The highest BCUT2D eigenvalue weighted by atomic mass is 32.2. The SMILES string of the molecule is CC(=O)Nc1cc(Nc2cc(C(C)(C)O)cc(S(C)(=O)=O)n2)c(-c2ccc(N3CC(C)OC(C)C3)cn2)cn1. The van der Waals surface area contributed by atoms with Gasteiger partial charge in [-0.1, -0.05) is 0 Å². The maximum absolute atomic E-state index is 12.3.